The molecule has 0 bridgehead atoms. The Bertz CT molecular complexity index is 703. The topological polar surface area (TPSA) is 65.2 Å². The van der Waals surface area contributed by atoms with Gasteiger partial charge < -0.3 is 14.7 Å². The van der Waals surface area contributed by atoms with Crippen LogP contribution in [0.1, 0.15) is 0 Å². The molecule has 3 rings (SSSR count). The smallest absolute Gasteiger partial charge is 0.230 e. The van der Waals surface area contributed by atoms with Crippen LogP contribution in [0.4, 0.5) is 14.7 Å². The SMILES string of the molecule is Nc1oncc1-c1c(F)cc(F)c2occc12. The Hall–Kier alpha value is -2.37. The molecular weight excluding hydrogens is 230 g/mol. The molecule has 0 unspecified atom stereocenters. The lowest BCUT2D eigenvalue weighted by molar-refractivity contribution is 0.436. The molecule has 0 radical (unpaired) electrons. The first-order chi connectivity index (χ1) is 8.18. The van der Waals surface area contributed by atoms with Gasteiger partial charge in [0.15, 0.2) is 11.4 Å². The Labute approximate surface area is 93.6 Å². The average molecular weight is 236 g/mol. The maximum atomic E-state index is 13.8. The lowest BCUT2D eigenvalue weighted by Crippen LogP contribution is -1.91. The van der Waals surface area contributed by atoms with E-state index in [0.717, 1.165) is 6.07 Å². The third kappa shape index (κ3) is 1.30. The number of anilines is 1. The van der Waals surface area contributed by atoms with E-state index in [1.165, 1.54) is 18.5 Å². The van der Waals surface area contributed by atoms with Crippen molar-refractivity contribution in [1.82, 2.24) is 5.16 Å². The zero-order valence-corrected chi connectivity index (χ0v) is 8.41. The Kier molecular flexibility index (Phi) is 1.91. The number of halogens is 2. The summed E-state index contributed by atoms with van der Waals surface area (Å²) >= 11 is 0. The average Bonchev–Trinajstić information content (AvgIpc) is 2.88. The van der Waals surface area contributed by atoms with Crippen molar-refractivity contribution in [1.29, 1.82) is 0 Å². The van der Waals surface area contributed by atoms with Gasteiger partial charge in [0.05, 0.1) is 18.0 Å². The summed E-state index contributed by atoms with van der Waals surface area (Å²) in [6, 6.07) is 2.21. The summed E-state index contributed by atoms with van der Waals surface area (Å²) in [4.78, 5) is 0. The number of hydrogen-bond donors (Lipinski definition) is 1. The fourth-order valence-corrected chi connectivity index (χ4v) is 1.78. The van der Waals surface area contributed by atoms with Gasteiger partial charge in [0.2, 0.25) is 5.88 Å². The largest absolute Gasteiger partial charge is 0.461 e. The van der Waals surface area contributed by atoms with Crippen LogP contribution in [-0.2, 0) is 0 Å². The van der Waals surface area contributed by atoms with Crippen molar-refractivity contribution in [2.45, 2.75) is 0 Å². The molecule has 0 aliphatic heterocycles. The monoisotopic (exact) mass is 236 g/mol. The van der Waals surface area contributed by atoms with Crippen LogP contribution in [0.15, 0.2) is 33.5 Å². The molecule has 0 atom stereocenters. The van der Waals surface area contributed by atoms with Crippen LogP contribution in [0.3, 0.4) is 0 Å². The molecule has 0 saturated carbocycles. The molecular formula is C11H6F2N2O2. The first-order valence-corrected chi connectivity index (χ1v) is 4.74. The molecule has 17 heavy (non-hydrogen) atoms. The predicted octanol–water partition coefficient (Wildman–Crippen LogP) is 2.95. The van der Waals surface area contributed by atoms with Crippen LogP contribution < -0.4 is 5.73 Å². The van der Waals surface area contributed by atoms with Crippen molar-refractivity contribution >= 4 is 16.9 Å². The Balaban J connectivity index is 2.44. The molecule has 4 nitrogen and oxygen atoms in total. The highest BCUT2D eigenvalue weighted by Crippen LogP contribution is 2.36. The number of fused-ring (bicyclic) bond motifs is 1. The van der Waals surface area contributed by atoms with Crippen LogP contribution in [0.5, 0.6) is 0 Å². The van der Waals surface area contributed by atoms with E-state index in [2.05, 4.69) is 9.68 Å². The summed E-state index contributed by atoms with van der Waals surface area (Å²) in [5, 5.41) is 3.75. The molecule has 0 spiro atoms. The second kappa shape index (κ2) is 3.31. The van der Waals surface area contributed by atoms with Crippen molar-refractivity contribution in [3.8, 4) is 11.1 Å². The number of nitrogen functional groups attached to an aromatic ring is 1. The van der Waals surface area contributed by atoms with Crippen LogP contribution >= 0.6 is 0 Å². The minimum Gasteiger partial charge on any atom is -0.461 e. The van der Waals surface area contributed by atoms with Gasteiger partial charge in [-0.05, 0) is 6.07 Å². The van der Waals surface area contributed by atoms with E-state index in [1.807, 2.05) is 0 Å². The van der Waals surface area contributed by atoms with Crippen molar-refractivity contribution < 1.29 is 17.7 Å². The van der Waals surface area contributed by atoms with E-state index in [1.54, 1.807) is 0 Å². The number of nitrogens with zero attached hydrogens (tertiary/aromatic N) is 1. The summed E-state index contributed by atoms with van der Waals surface area (Å²) in [5.74, 6) is -1.54. The number of furan rings is 1. The van der Waals surface area contributed by atoms with Gasteiger partial charge in [0.25, 0.3) is 0 Å². The zero-order valence-electron chi connectivity index (χ0n) is 8.41. The highest BCUT2D eigenvalue weighted by Gasteiger charge is 2.19. The fourth-order valence-electron chi connectivity index (χ4n) is 1.78. The lowest BCUT2D eigenvalue weighted by atomic mass is 10.0. The van der Waals surface area contributed by atoms with Crippen LogP contribution in [-0.4, -0.2) is 5.16 Å². The fraction of sp³-hybridized carbons (Fsp3) is 0. The van der Waals surface area contributed by atoms with Crippen molar-refractivity contribution in [2.75, 3.05) is 5.73 Å². The molecule has 0 fully saturated rings. The summed E-state index contributed by atoms with van der Waals surface area (Å²) in [5.41, 5.74) is 5.88. The second-order valence-electron chi connectivity index (χ2n) is 3.48. The van der Waals surface area contributed by atoms with Crippen LogP contribution in [0, 0.1) is 11.6 Å². The Morgan fingerprint density at radius 1 is 1.24 bits per heavy atom. The first kappa shape index (κ1) is 9.83. The number of benzene rings is 1. The molecule has 86 valence electrons. The zero-order chi connectivity index (χ0) is 12.0. The third-order valence-corrected chi connectivity index (χ3v) is 2.51. The van der Waals surface area contributed by atoms with Gasteiger partial charge in [0, 0.05) is 17.0 Å². The molecule has 2 heterocycles. The third-order valence-electron chi connectivity index (χ3n) is 2.51. The van der Waals surface area contributed by atoms with Crippen molar-refractivity contribution in [2.24, 2.45) is 0 Å². The molecule has 2 N–H and O–H groups in total. The minimum atomic E-state index is -0.763. The highest BCUT2D eigenvalue weighted by molar-refractivity contribution is 5.96. The Morgan fingerprint density at radius 3 is 2.76 bits per heavy atom. The molecule has 0 aliphatic carbocycles. The summed E-state index contributed by atoms with van der Waals surface area (Å²) in [6.07, 6.45) is 2.55. The quantitative estimate of drug-likeness (QED) is 0.705. The highest BCUT2D eigenvalue weighted by atomic mass is 19.1. The van der Waals surface area contributed by atoms with Crippen molar-refractivity contribution in [3.63, 3.8) is 0 Å². The lowest BCUT2D eigenvalue weighted by Gasteiger charge is -2.03. The van der Waals surface area contributed by atoms with E-state index in [4.69, 9.17) is 10.2 Å². The molecule has 0 saturated heterocycles. The molecule has 2 aromatic heterocycles. The summed E-state index contributed by atoms with van der Waals surface area (Å²) < 4.78 is 36.8. The molecule has 3 aromatic rings. The number of rotatable bonds is 1. The van der Waals surface area contributed by atoms with E-state index >= 15 is 0 Å². The second-order valence-corrected chi connectivity index (χ2v) is 3.48. The number of hydrogen-bond acceptors (Lipinski definition) is 4. The molecule has 0 aliphatic rings. The molecule has 0 amide bonds. The van der Waals surface area contributed by atoms with Crippen LogP contribution in [0.2, 0.25) is 0 Å². The van der Waals surface area contributed by atoms with Gasteiger partial charge >= 0.3 is 0 Å². The number of nitrogens with two attached hydrogens (primary N) is 1. The maximum absolute atomic E-state index is 13.8. The van der Waals surface area contributed by atoms with Gasteiger partial charge in [-0.15, -0.1) is 0 Å². The normalized spacial score (nSPS) is 11.2. The van der Waals surface area contributed by atoms with Gasteiger partial charge in [-0.25, -0.2) is 8.78 Å². The summed E-state index contributed by atoms with van der Waals surface area (Å²) in [7, 11) is 0. The van der Waals surface area contributed by atoms with E-state index in [-0.39, 0.29) is 28.0 Å². The van der Waals surface area contributed by atoms with Gasteiger partial charge in [-0.2, -0.15) is 0 Å². The van der Waals surface area contributed by atoms with Gasteiger partial charge in [0.1, 0.15) is 5.82 Å². The van der Waals surface area contributed by atoms with Crippen LogP contribution in [0.25, 0.3) is 22.1 Å². The van der Waals surface area contributed by atoms with Gasteiger partial charge in [-0.3, -0.25) is 0 Å². The molecule has 1 aromatic carbocycles. The standard InChI is InChI=1S/C11H6F2N2O2/c12-7-3-8(13)10-5(1-2-16-10)9(7)6-4-15-17-11(6)14/h1-4H,14H2. The predicted molar refractivity (Wildman–Crippen MR) is 56.0 cm³/mol. The minimum absolute atomic E-state index is 0.0259. The summed E-state index contributed by atoms with van der Waals surface area (Å²) in [6.45, 7) is 0. The van der Waals surface area contributed by atoms with E-state index in [0.29, 0.717) is 0 Å². The Morgan fingerprint density at radius 2 is 2.06 bits per heavy atom. The number of aromatic nitrogens is 1. The van der Waals surface area contributed by atoms with Gasteiger partial charge in [-0.1, -0.05) is 5.16 Å². The van der Waals surface area contributed by atoms with E-state index < -0.39 is 11.6 Å². The maximum Gasteiger partial charge on any atom is 0.230 e. The van der Waals surface area contributed by atoms with E-state index in [9.17, 15) is 8.78 Å². The van der Waals surface area contributed by atoms with Crippen molar-refractivity contribution in [3.05, 3.63) is 36.2 Å². The first-order valence-electron chi connectivity index (χ1n) is 4.74. The molecule has 6 heteroatoms.